The molecular formula is C54H30BN3O2. The zero-order valence-corrected chi connectivity index (χ0v) is 32.1. The van der Waals surface area contributed by atoms with E-state index in [0.29, 0.717) is 0 Å². The molecule has 0 N–H and O–H groups in total. The van der Waals surface area contributed by atoms with Gasteiger partial charge < -0.3 is 22.9 Å². The molecule has 2 aliphatic rings. The van der Waals surface area contributed by atoms with Crippen molar-refractivity contribution in [2.24, 2.45) is 0 Å². The van der Waals surface area contributed by atoms with Crippen LogP contribution in [-0.2, 0) is 0 Å². The third-order valence-corrected chi connectivity index (χ3v) is 13.4. The molecule has 276 valence electrons. The van der Waals surface area contributed by atoms with E-state index in [0.717, 1.165) is 60.9 Å². The van der Waals surface area contributed by atoms with E-state index < -0.39 is 0 Å². The summed E-state index contributed by atoms with van der Waals surface area (Å²) in [4.78, 5) is 2.40. The van der Waals surface area contributed by atoms with Crippen LogP contribution in [0.15, 0.2) is 191 Å². The number of fused-ring (bicyclic) bond motifs is 18. The molecule has 0 saturated carbocycles. The first-order valence-corrected chi connectivity index (χ1v) is 20.6. The Morgan fingerprint density at radius 2 is 0.783 bits per heavy atom. The molecule has 0 bridgehead atoms. The molecule has 6 heterocycles. The summed E-state index contributed by atoms with van der Waals surface area (Å²) in [6.07, 6.45) is 0. The van der Waals surface area contributed by atoms with Crippen LogP contribution in [0, 0.1) is 0 Å². The molecule has 0 fully saturated rings. The lowest BCUT2D eigenvalue weighted by atomic mass is 9.34. The van der Waals surface area contributed by atoms with Crippen LogP contribution in [-0.4, -0.2) is 15.8 Å². The monoisotopic (exact) mass is 763 g/mol. The van der Waals surface area contributed by atoms with E-state index in [1.54, 1.807) is 0 Å². The molecule has 9 aromatic carbocycles. The van der Waals surface area contributed by atoms with Crippen molar-refractivity contribution in [2.45, 2.75) is 0 Å². The summed E-state index contributed by atoms with van der Waals surface area (Å²) in [6, 6.07) is 65.9. The van der Waals surface area contributed by atoms with Gasteiger partial charge in [-0.2, -0.15) is 0 Å². The van der Waals surface area contributed by atoms with Crippen LogP contribution in [0.25, 0.3) is 98.9 Å². The molecule has 0 saturated heterocycles. The second kappa shape index (κ2) is 11.0. The zero-order chi connectivity index (χ0) is 38.8. The molecule has 60 heavy (non-hydrogen) atoms. The molecule has 0 aliphatic carbocycles. The van der Waals surface area contributed by atoms with Crippen LogP contribution < -0.4 is 21.3 Å². The first kappa shape index (κ1) is 31.1. The quantitative estimate of drug-likeness (QED) is 0.168. The summed E-state index contributed by atoms with van der Waals surface area (Å²) in [5.41, 5.74) is 17.8. The van der Waals surface area contributed by atoms with Gasteiger partial charge in [-0.3, -0.25) is 0 Å². The molecule has 0 radical (unpaired) electrons. The van der Waals surface area contributed by atoms with Crippen LogP contribution >= 0.6 is 0 Å². The molecule has 13 aromatic rings. The fourth-order valence-corrected chi connectivity index (χ4v) is 11.2. The highest BCUT2D eigenvalue weighted by Crippen LogP contribution is 2.47. The number of hydrogen-bond donors (Lipinski definition) is 0. The van der Waals surface area contributed by atoms with Crippen LogP contribution in [0.2, 0.25) is 0 Å². The van der Waals surface area contributed by atoms with Crippen LogP contribution in [0.4, 0.5) is 17.1 Å². The lowest BCUT2D eigenvalue weighted by Gasteiger charge is -2.35. The molecule has 6 heteroatoms. The Balaban J connectivity index is 1.20. The Morgan fingerprint density at radius 3 is 1.27 bits per heavy atom. The maximum atomic E-state index is 6.82. The Kier molecular flexibility index (Phi) is 5.67. The van der Waals surface area contributed by atoms with Gasteiger partial charge in [0.1, 0.15) is 22.3 Å². The average molecular weight is 764 g/mol. The predicted molar refractivity (Wildman–Crippen MR) is 249 cm³/mol. The van der Waals surface area contributed by atoms with E-state index in [4.69, 9.17) is 8.83 Å². The smallest absolute Gasteiger partial charge is 0.252 e. The van der Waals surface area contributed by atoms with Crippen molar-refractivity contribution < 1.29 is 8.83 Å². The highest BCUT2D eigenvalue weighted by atomic mass is 16.3. The summed E-state index contributed by atoms with van der Waals surface area (Å²) >= 11 is 0. The van der Waals surface area contributed by atoms with Crippen LogP contribution in [0.5, 0.6) is 0 Å². The predicted octanol–water partition coefficient (Wildman–Crippen LogP) is 12.3. The highest BCUT2D eigenvalue weighted by Gasteiger charge is 2.43. The minimum atomic E-state index is -0.111. The van der Waals surface area contributed by atoms with Gasteiger partial charge in [0.2, 0.25) is 0 Å². The molecule has 0 spiro atoms. The molecule has 0 amide bonds. The van der Waals surface area contributed by atoms with E-state index in [9.17, 15) is 0 Å². The van der Waals surface area contributed by atoms with Gasteiger partial charge in [0, 0.05) is 65.8 Å². The van der Waals surface area contributed by atoms with Gasteiger partial charge in [-0.15, -0.1) is 0 Å². The van der Waals surface area contributed by atoms with Crippen molar-refractivity contribution in [3.63, 3.8) is 0 Å². The Bertz CT molecular complexity index is 3770. The Labute approximate surface area is 342 Å². The first-order chi connectivity index (χ1) is 29.8. The summed E-state index contributed by atoms with van der Waals surface area (Å²) in [5, 5.41) is 9.50. The normalized spacial score (nSPS) is 13.0. The Hall–Kier alpha value is -7.96. The summed E-state index contributed by atoms with van der Waals surface area (Å²) in [5.74, 6) is 0. The standard InChI is InChI=1S/C54H30BN3O2/c1-3-15-31(16-4-1)56(32-17-5-2-6-18-32)33-27-42-52-43(28-33)58-41-24-12-8-20-35(41)51-49-37-22-10-14-26-45(37)60-47(49)30-39(54(51)58)55(52)38-29-46-48(36-21-9-13-25-44(36)59-46)50-34-19-7-11-23-40(34)57(42)53(38)50/h1-30H. The van der Waals surface area contributed by atoms with E-state index in [-0.39, 0.29) is 6.71 Å². The first-order valence-electron chi connectivity index (χ1n) is 20.6. The Morgan fingerprint density at radius 1 is 0.367 bits per heavy atom. The van der Waals surface area contributed by atoms with E-state index >= 15 is 0 Å². The molecule has 0 atom stereocenters. The minimum absolute atomic E-state index is 0.111. The number of rotatable bonds is 3. The summed E-state index contributed by atoms with van der Waals surface area (Å²) in [7, 11) is 0. The number of benzene rings is 9. The van der Waals surface area contributed by atoms with Crippen molar-refractivity contribution >= 4 is 128 Å². The minimum Gasteiger partial charge on any atom is -0.456 e. The van der Waals surface area contributed by atoms with Crippen molar-refractivity contribution in [1.29, 1.82) is 0 Å². The summed E-state index contributed by atoms with van der Waals surface area (Å²) in [6.45, 7) is -0.111. The number of para-hydroxylation sites is 6. The number of nitrogens with zero attached hydrogens (tertiary/aromatic N) is 3. The molecule has 2 aliphatic heterocycles. The maximum Gasteiger partial charge on any atom is 0.252 e. The third kappa shape index (κ3) is 3.71. The van der Waals surface area contributed by atoms with Crippen LogP contribution in [0.3, 0.4) is 0 Å². The fourth-order valence-electron chi connectivity index (χ4n) is 11.2. The topological polar surface area (TPSA) is 39.4 Å². The number of aromatic nitrogens is 2. The fraction of sp³-hybridized carbons (Fsp3) is 0. The average Bonchev–Trinajstić information content (AvgIpc) is 4.05. The van der Waals surface area contributed by atoms with Gasteiger partial charge in [-0.1, -0.05) is 109 Å². The van der Waals surface area contributed by atoms with Gasteiger partial charge >= 0.3 is 0 Å². The lowest BCUT2D eigenvalue weighted by molar-refractivity contribution is 0.669. The second-order valence-electron chi connectivity index (χ2n) is 16.4. The van der Waals surface area contributed by atoms with Crippen molar-refractivity contribution in [2.75, 3.05) is 4.90 Å². The summed E-state index contributed by atoms with van der Waals surface area (Å²) < 4.78 is 18.8. The van der Waals surface area contributed by atoms with Crippen LogP contribution in [0.1, 0.15) is 0 Å². The second-order valence-corrected chi connectivity index (χ2v) is 16.4. The molecule has 4 aromatic heterocycles. The van der Waals surface area contributed by atoms with Gasteiger partial charge in [0.25, 0.3) is 6.71 Å². The lowest BCUT2D eigenvalue weighted by Crippen LogP contribution is -2.59. The number of furan rings is 2. The van der Waals surface area contributed by atoms with Gasteiger partial charge in [-0.05, 0) is 89.2 Å². The highest BCUT2D eigenvalue weighted by molar-refractivity contribution is 7.00. The molecule has 15 rings (SSSR count). The van der Waals surface area contributed by atoms with E-state index in [2.05, 4.69) is 196 Å². The van der Waals surface area contributed by atoms with Crippen molar-refractivity contribution in [3.8, 4) is 11.4 Å². The van der Waals surface area contributed by atoms with E-state index in [1.807, 2.05) is 0 Å². The van der Waals surface area contributed by atoms with Gasteiger partial charge in [0.05, 0.1) is 27.8 Å². The number of anilines is 3. The van der Waals surface area contributed by atoms with Gasteiger partial charge in [0.15, 0.2) is 0 Å². The maximum absolute atomic E-state index is 6.82. The number of hydrogen-bond acceptors (Lipinski definition) is 3. The SMILES string of the molecule is c1ccc(N(c2ccccc2)c2cc3c4c(c2)-n2c5ccccc5c5c6c(cc(c52)B4c2cc4oc5ccccc5c4c4c5ccccc5n-3c24)oc2ccccc26)cc1. The van der Waals surface area contributed by atoms with E-state index in [1.165, 1.54) is 71.4 Å². The zero-order valence-electron chi connectivity index (χ0n) is 32.1. The largest absolute Gasteiger partial charge is 0.456 e. The molecule has 5 nitrogen and oxygen atoms in total. The molecule has 0 unspecified atom stereocenters. The van der Waals surface area contributed by atoms with Crippen molar-refractivity contribution in [1.82, 2.24) is 9.13 Å². The van der Waals surface area contributed by atoms with Crippen molar-refractivity contribution in [3.05, 3.63) is 182 Å². The molecular weight excluding hydrogens is 733 g/mol. The van der Waals surface area contributed by atoms with Gasteiger partial charge in [-0.25, -0.2) is 0 Å². The third-order valence-electron chi connectivity index (χ3n) is 13.4.